The third-order valence-corrected chi connectivity index (χ3v) is 6.80. The number of methoxy groups -OCH3 is 2. The number of nitrogens with one attached hydrogen (secondary N) is 1. The third-order valence-electron chi connectivity index (χ3n) is 6.80. The molecule has 2 aliphatic heterocycles. The molecule has 0 bridgehead atoms. The van der Waals surface area contributed by atoms with E-state index >= 15 is 0 Å². The minimum atomic E-state index is -0.799. The zero-order valence-electron chi connectivity index (χ0n) is 20.9. The Balaban J connectivity index is 1.80. The molecule has 192 valence electrons. The van der Waals surface area contributed by atoms with Gasteiger partial charge in [-0.15, -0.1) is 0 Å². The van der Waals surface area contributed by atoms with Gasteiger partial charge in [0.1, 0.15) is 17.2 Å². The van der Waals surface area contributed by atoms with Crippen LogP contribution in [0.15, 0.2) is 29.8 Å². The summed E-state index contributed by atoms with van der Waals surface area (Å²) in [5, 5.41) is 11.5. The van der Waals surface area contributed by atoms with Crippen LogP contribution in [0.5, 0.6) is 5.75 Å². The number of hydrogen-bond donors (Lipinski definition) is 2. The molecule has 1 unspecified atom stereocenters. The Morgan fingerprint density at radius 1 is 1.11 bits per heavy atom. The number of esters is 1. The molecule has 0 aliphatic carbocycles. The number of hydrogen-bond acceptors (Lipinski definition) is 8. The minimum Gasteiger partial charge on any atom is -0.507 e. The molecule has 2 N–H and O–H groups in total. The highest BCUT2D eigenvalue weighted by molar-refractivity contribution is 6.46. The lowest BCUT2D eigenvalue weighted by atomic mass is 9.94. The van der Waals surface area contributed by atoms with Crippen molar-refractivity contribution < 1.29 is 33.7 Å². The Kier molecular flexibility index (Phi) is 7.46. The van der Waals surface area contributed by atoms with Crippen LogP contribution in [0.3, 0.4) is 0 Å². The van der Waals surface area contributed by atoms with Crippen molar-refractivity contribution >= 4 is 23.4 Å². The van der Waals surface area contributed by atoms with Crippen LogP contribution < -0.4 is 4.74 Å². The lowest BCUT2D eigenvalue weighted by Gasteiger charge is -2.31. The largest absolute Gasteiger partial charge is 0.507 e. The normalized spacial score (nSPS) is 20.1. The van der Waals surface area contributed by atoms with Gasteiger partial charge in [0.15, 0.2) is 0 Å². The number of aromatic nitrogens is 1. The van der Waals surface area contributed by atoms with E-state index in [4.69, 9.17) is 14.2 Å². The third kappa shape index (κ3) is 4.61. The lowest BCUT2D eigenvalue weighted by Crippen LogP contribution is -2.42. The molecule has 2 aromatic rings. The van der Waals surface area contributed by atoms with Gasteiger partial charge in [-0.1, -0.05) is 12.1 Å². The number of benzene rings is 1. The topological polar surface area (TPSA) is 121 Å². The molecule has 2 fully saturated rings. The van der Waals surface area contributed by atoms with Gasteiger partial charge in [-0.2, -0.15) is 0 Å². The van der Waals surface area contributed by atoms with Crippen LogP contribution >= 0.6 is 0 Å². The Morgan fingerprint density at radius 3 is 2.39 bits per heavy atom. The SMILES string of the molecule is COC(=O)c1[nH]c(C)c(/C(O)=C2/C(=O)C(=O)N(CCN3CCOCC3)C2c2ccc(OC)cc2)c1C. The fraction of sp³-hybridized carbons (Fsp3) is 0.423. The first-order chi connectivity index (χ1) is 17.3. The Bertz CT molecular complexity index is 1190. The summed E-state index contributed by atoms with van der Waals surface area (Å²) >= 11 is 0. The number of nitrogens with zero attached hydrogens (tertiary/aromatic N) is 2. The van der Waals surface area contributed by atoms with Gasteiger partial charge in [-0.25, -0.2) is 4.79 Å². The lowest BCUT2D eigenvalue weighted by molar-refractivity contribution is -0.140. The summed E-state index contributed by atoms with van der Waals surface area (Å²) < 4.78 is 15.5. The predicted octanol–water partition coefficient (Wildman–Crippen LogP) is 2.18. The van der Waals surface area contributed by atoms with E-state index in [9.17, 15) is 19.5 Å². The Morgan fingerprint density at radius 2 is 1.78 bits per heavy atom. The molecule has 2 saturated heterocycles. The second-order valence-corrected chi connectivity index (χ2v) is 8.84. The molecule has 36 heavy (non-hydrogen) atoms. The summed E-state index contributed by atoms with van der Waals surface area (Å²) in [6.07, 6.45) is 0. The Labute approximate surface area is 209 Å². The first kappa shape index (κ1) is 25.5. The number of aromatic amines is 1. The predicted molar refractivity (Wildman–Crippen MR) is 131 cm³/mol. The Hall–Kier alpha value is -3.63. The number of carbonyl (C=O) groups excluding carboxylic acids is 3. The molecular formula is C26H31N3O7. The van der Waals surface area contributed by atoms with Crippen molar-refractivity contribution in [3.63, 3.8) is 0 Å². The molecule has 1 aromatic heterocycles. The number of carbonyl (C=O) groups is 3. The van der Waals surface area contributed by atoms with Gasteiger partial charge in [-0.3, -0.25) is 14.5 Å². The number of Topliss-reactive ketones (excluding diaryl/α,β-unsaturated/α-hetero) is 1. The van der Waals surface area contributed by atoms with Gasteiger partial charge in [0.05, 0.1) is 39.0 Å². The zero-order valence-corrected chi connectivity index (χ0v) is 20.9. The summed E-state index contributed by atoms with van der Waals surface area (Å²) in [4.78, 5) is 45.4. The first-order valence-electron chi connectivity index (χ1n) is 11.8. The van der Waals surface area contributed by atoms with Gasteiger partial charge < -0.3 is 29.2 Å². The number of amides is 1. The molecule has 10 heteroatoms. The van der Waals surface area contributed by atoms with Crippen molar-refractivity contribution in [2.45, 2.75) is 19.9 Å². The van der Waals surface area contributed by atoms with E-state index in [1.807, 2.05) is 0 Å². The zero-order chi connectivity index (χ0) is 26.0. The quantitative estimate of drug-likeness (QED) is 0.258. The molecule has 4 rings (SSSR count). The van der Waals surface area contributed by atoms with Gasteiger partial charge >= 0.3 is 5.97 Å². The summed E-state index contributed by atoms with van der Waals surface area (Å²) in [6.45, 7) is 6.94. The summed E-state index contributed by atoms with van der Waals surface area (Å²) in [5.41, 5.74) is 2.05. The van der Waals surface area contributed by atoms with Gasteiger partial charge in [0, 0.05) is 37.4 Å². The van der Waals surface area contributed by atoms with E-state index in [0.29, 0.717) is 54.4 Å². The van der Waals surface area contributed by atoms with Crippen LogP contribution in [-0.4, -0.2) is 91.2 Å². The fourth-order valence-corrected chi connectivity index (χ4v) is 4.86. The van der Waals surface area contributed by atoms with E-state index in [0.717, 1.165) is 13.1 Å². The fourth-order valence-electron chi connectivity index (χ4n) is 4.86. The van der Waals surface area contributed by atoms with Crippen molar-refractivity contribution in [3.8, 4) is 5.75 Å². The minimum absolute atomic E-state index is 0.0197. The van der Waals surface area contributed by atoms with Crippen molar-refractivity contribution in [1.82, 2.24) is 14.8 Å². The van der Waals surface area contributed by atoms with Gasteiger partial charge in [0.2, 0.25) is 0 Å². The molecular weight excluding hydrogens is 466 g/mol. The van der Waals surface area contributed by atoms with E-state index in [1.54, 1.807) is 45.2 Å². The van der Waals surface area contributed by atoms with Crippen molar-refractivity contribution in [3.05, 3.63) is 57.9 Å². The maximum Gasteiger partial charge on any atom is 0.354 e. The highest BCUT2D eigenvalue weighted by Gasteiger charge is 2.46. The number of ketones is 1. The molecule has 2 aliphatic rings. The second kappa shape index (κ2) is 10.5. The number of aliphatic hydroxyl groups excluding tert-OH is 1. The van der Waals surface area contributed by atoms with Crippen LogP contribution in [-0.2, 0) is 19.1 Å². The highest BCUT2D eigenvalue weighted by Crippen LogP contribution is 2.41. The molecule has 1 aromatic carbocycles. The average Bonchev–Trinajstić information content (AvgIpc) is 3.34. The summed E-state index contributed by atoms with van der Waals surface area (Å²) in [6, 6.07) is 6.26. The van der Waals surface area contributed by atoms with Gasteiger partial charge in [0.25, 0.3) is 11.7 Å². The van der Waals surface area contributed by atoms with Crippen LogP contribution in [0.4, 0.5) is 0 Å². The monoisotopic (exact) mass is 497 g/mol. The van der Waals surface area contributed by atoms with Crippen LogP contribution in [0.1, 0.15) is 38.9 Å². The number of aliphatic hydroxyl groups is 1. The molecule has 1 atom stereocenters. The second-order valence-electron chi connectivity index (χ2n) is 8.84. The van der Waals surface area contributed by atoms with Gasteiger partial charge in [-0.05, 0) is 37.1 Å². The van der Waals surface area contributed by atoms with Crippen LogP contribution in [0.25, 0.3) is 5.76 Å². The molecule has 10 nitrogen and oxygen atoms in total. The summed E-state index contributed by atoms with van der Waals surface area (Å²) in [7, 11) is 2.82. The molecule has 3 heterocycles. The first-order valence-corrected chi connectivity index (χ1v) is 11.8. The standard InChI is InChI=1S/C26H31N3O7/c1-15-19(16(2)27-21(15)26(33)35-4)23(30)20-22(17-5-7-18(34-3)8-6-17)29(25(32)24(20)31)10-9-28-11-13-36-14-12-28/h5-8,22,27,30H,9-14H2,1-4H3/b23-20-. The number of aryl methyl sites for hydroxylation is 1. The molecule has 1 amide bonds. The van der Waals surface area contributed by atoms with E-state index in [-0.39, 0.29) is 17.0 Å². The number of likely N-dealkylation sites (tertiary alicyclic amines) is 1. The van der Waals surface area contributed by atoms with Crippen LogP contribution in [0, 0.1) is 13.8 Å². The molecule has 0 saturated carbocycles. The maximum atomic E-state index is 13.3. The van der Waals surface area contributed by atoms with E-state index in [1.165, 1.54) is 12.0 Å². The van der Waals surface area contributed by atoms with E-state index < -0.39 is 23.7 Å². The average molecular weight is 498 g/mol. The number of rotatable bonds is 7. The summed E-state index contributed by atoms with van der Waals surface area (Å²) in [5.74, 6) is -1.74. The highest BCUT2D eigenvalue weighted by atomic mass is 16.5. The van der Waals surface area contributed by atoms with Crippen LogP contribution in [0.2, 0.25) is 0 Å². The molecule has 0 radical (unpaired) electrons. The molecule has 0 spiro atoms. The number of H-pyrrole nitrogens is 1. The van der Waals surface area contributed by atoms with E-state index in [2.05, 4.69) is 9.88 Å². The number of ether oxygens (including phenoxy) is 3. The van der Waals surface area contributed by atoms with Crippen molar-refractivity contribution in [2.75, 3.05) is 53.6 Å². The number of morpholine rings is 1. The van der Waals surface area contributed by atoms with Crippen molar-refractivity contribution in [2.24, 2.45) is 0 Å². The maximum absolute atomic E-state index is 13.3. The smallest absolute Gasteiger partial charge is 0.354 e. The van der Waals surface area contributed by atoms with Crippen molar-refractivity contribution in [1.29, 1.82) is 0 Å².